The number of aromatic hydroxyl groups is 1. The lowest BCUT2D eigenvalue weighted by Gasteiger charge is -2.22. The summed E-state index contributed by atoms with van der Waals surface area (Å²) in [6.07, 6.45) is 1.86. The molecule has 2 aromatic rings. The summed E-state index contributed by atoms with van der Waals surface area (Å²) in [5, 5.41) is 12.2. The maximum absolute atomic E-state index is 10.0. The third kappa shape index (κ3) is 1.69. The normalized spacial score (nSPS) is 11.6. The molecule has 2 rings (SSSR count). The number of phenolic OH excluding ortho intramolecular Hbond substituents is 1. The number of benzene rings is 2. The van der Waals surface area contributed by atoms with Gasteiger partial charge in [-0.3, -0.25) is 0 Å². The molecule has 16 heavy (non-hydrogen) atoms. The van der Waals surface area contributed by atoms with Crippen LogP contribution in [-0.4, -0.2) is 5.11 Å². The Balaban J connectivity index is 2.72. The van der Waals surface area contributed by atoms with Crippen LogP contribution in [0.1, 0.15) is 19.4 Å². The lowest BCUT2D eigenvalue weighted by molar-refractivity contribution is 0.456. The highest BCUT2D eigenvalue weighted by Gasteiger charge is 2.20. The van der Waals surface area contributed by atoms with Gasteiger partial charge in [-0.1, -0.05) is 44.2 Å². The van der Waals surface area contributed by atoms with Gasteiger partial charge in [0.05, 0.1) is 0 Å². The van der Waals surface area contributed by atoms with Gasteiger partial charge in [-0.15, -0.1) is 6.58 Å². The second kappa shape index (κ2) is 3.67. The van der Waals surface area contributed by atoms with Crippen LogP contribution >= 0.6 is 0 Å². The molecular formula is C15H16O. The minimum Gasteiger partial charge on any atom is -0.508 e. The number of hydrogen-bond donors (Lipinski definition) is 1. The van der Waals surface area contributed by atoms with Crippen molar-refractivity contribution in [2.75, 3.05) is 0 Å². The molecule has 0 aliphatic heterocycles. The van der Waals surface area contributed by atoms with Crippen LogP contribution in [-0.2, 0) is 5.41 Å². The molecule has 0 aromatic heterocycles. The second-order valence-corrected chi connectivity index (χ2v) is 4.64. The SMILES string of the molecule is C=CC(C)(C)c1cc2ccccc2cc1O. The van der Waals surface area contributed by atoms with Crippen molar-refractivity contribution >= 4 is 10.8 Å². The topological polar surface area (TPSA) is 20.2 Å². The Labute approximate surface area is 96.0 Å². The van der Waals surface area contributed by atoms with Crippen molar-refractivity contribution in [2.45, 2.75) is 19.3 Å². The maximum Gasteiger partial charge on any atom is 0.120 e. The average molecular weight is 212 g/mol. The van der Waals surface area contributed by atoms with Gasteiger partial charge in [0.15, 0.2) is 0 Å². The molecule has 0 fully saturated rings. The molecule has 0 spiro atoms. The first-order valence-electron chi connectivity index (χ1n) is 5.40. The van der Waals surface area contributed by atoms with Gasteiger partial charge in [0.2, 0.25) is 0 Å². The predicted octanol–water partition coefficient (Wildman–Crippen LogP) is 4.01. The Kier molecular flexibility index (Phi) is 2.47. The van der Waals surface area contributed by atoms with Crippen molar-refractivity contribution in [1.82, 2.24) is 0 Å². The molecular weight excluding hydrogens is 196 g/mol. The Morgan fingerprint density at radius 1 is 1.12 bits per heavy atom. The first-order valence-corrected chi connectivity index (χ1v) is 5.40. The van der Waals surface area contributed by atoms with Gasteiger partial charge in [0, 0.05) is 11.0 Å². The Morgan fingerprint density at radius 3 is 2.25 bits per heavy atom. The van der Waals surface area contributed by atoms with Gasteiger partial charge in [0.1, 0.15) is 5.75 Å². The summed E-state index contributed by atoms with van der Waals surface area (Å²) in [5.74, 6) is 0.337. The average Bonchev–Trinajstić information content (AvgIpc) is 2.28. The van der Waals surface area contributed by atoms with Crippen LogP contribution in [0, 0.1) is 0 Å². The quantitative estimate of drug-likeness (QED) is 0.746. The fourth-order valence-electron chi connectivity index (χ4n) is 1.85. The first-order chi connectivity index (χ1) is 7.54. The van der Waals surface area contributed by atoms with E-state index in [4.69, 9.17) is 0 Å². The highest BCUT2D eigenvalue weighted by molar-refractivity contribution is 5.85. The van der Waals surface area contributed by atoms with Crippen LogP contribution in [0.4, 0.5) is 0 Å². The van der Waals surface area contributed by atoms with Crippen molar-refractivity contribution in [3.8, 4) is 5.75 Å². The zero-order chi connectivity index (χ0) is 11.8. The van der Waals surface area contributed by atoms with Crippen molar-refractivity contribution in [3.05, 3.63) is 54.6 Å². The molecule has 0 bridgehead atoms. The molecule has 1 nitrogen and oxygen atoms in total. The lowest BCUT2D eigenvalue weighted by Crippen LogP contribution is -2.12. The van der Waals surface area contributed by atoms with E-state index in [-0.39, 0.29) is 5.41 Å². The van der Waals surface area contributed by atoms with E-state index in [1.54, 1.807) is 0 Å². The molecule has 82 valence electrons. The van der Waals surface area contributed by atoms with Gasteiger partial charge in [-0.25, -0.2) is 0 Å². The highest BCUT2D eigenvalue weighted by atomic mass is 16.3. The summed E-state index contributed by atoms with van der Waals surface area (Å²) in [6.45, 7) is 7.91. The Hall–Kier alpha value is -1.76. The minimum absolute atomic E-state index is 0.214. The van der Waals surface area contributed by atoms with Crippen LogP contribution in [0.25, 0.3) is 10.8 Å². The van der Waals surface area contributed by atoms with Gasteiger partial charge >= 0.3 is 0 Å². The Bertz CT molecular complexity index is 538. The van der Waals surface area contributed by atoms with Crippen LogP contribution in [0.3, 0.4) is 0 Å². The molecule has 0 unspecified atom stereocenters. The van der Waals surface area contributed by atoms with Crippen molar-refractivity contribution < 1.29 is 5.11 Å². The van der Waals surface area contributed by atoms with Gasteiger partial charge in [0.25, 0.3) is 0 Å². The summed E-state index contributed by atoms with van der Waals surface area (Å²) < 4.78 is 0. The molecule has 0 aliphatic carbocycles. The monoisotopic (exact) mass is 212 g/mol. The number of fused-ring (bicyclic) bond motifs is 1. The van der Waals surface area contributed by atoms with E-state index in [0.717, 1.165) is 16.3 Å². The largest absolute Gasteiger partial charge is 0.508 e. The second-order valence-electron chi connectivity index (χ2n) is 4.64. The molecule has 0 saturated carbocycles. The van der Waals surface area contributed by atoms with E-state index in [2.05, 4.69) is 12.6 Å². The fourth-order valence-corrected chi connectivity index (χ4v) is 1.85. The highest BCUT2D eigenvalue weighted by Crippen LogP contribution is 2.34. The van der Waals surface area contributed by atoms with Crippen molar-refractivity contribution in [3.63, 3.8) is 0 Å². The minimum atomic E-state index is -0.214. The molecule has 0 radical (unpaired) electrons. The molecule has 0 heterocycles. The molecule has 1 heteroatoms. The third-order valence-corrected chi connectivity index (χ3v) is 3.07. The molecule has 0 amide bonds. The summed E-state index contributed by atoms with van der Waals surface area (Å²) in [6, 6.07) is 11.9. The van der Waals surface area contributed by atoms with E-state index in [1.165, 1.54) is 0 Å². The molecule has 0 aliphatic rings. The predicted molar refractivity (Wildman–Crippen MR) is 68.8 cm³/mol. The molecule has 0 saturated heterocycles. The fraction of sp³-hybridized carbons (Fsp3) is 0.200. The van der Waals surface area contributed by atoms with Gasteiger partial charge in [-0.05, 0) is 22.9 Å². The summed E-state index contributed by atoms with van der Waals surface area (Å²) in [7, 11) is 0. The lowest BCUT2D eigenvalue weighted by atomic mass is 9.83. The summed E-state index contributed by atoms with van der Waals surface area (Å²) in [4.78, 5) is 0. The number of rotatable bonds is 2. The smallest absolute Gasteiger partial charge is 0.120 e. The van der Waals surface area contributed by atoms with Gasteiger partial charge in [-0.2, -0.15) is 0 Å². The van der Waals surface area contributed by atoms with Crippen LogP contribution in [0.2, 0.25) is 0 Å². The summed E-state index contributed by atoms with van der Waals surface area (Å²) in [5.41, 5.74) is 0.704. The number of hydrogen-bond acceptors (Lipinski definition) is 1. The van der Waals surface area contributed by atoms with Crippen LogP contribution in [0.5, 0.6) is 5.75 Å². The third-order valence-electron chi connectivity index (χ3n) is 3.07. The number of allylic oxidation sites excluding steroid dienone is 1. The zero-order valence-electron chi connectivity index (χ0n) is 9.70. The van der Waals surface area contributed by atoms with Crippen LogP contribution in [0.15, 0.2) is 49.1 Å². The van der Waals surface area contributed by atoms with E-state index >= 15 is 0 Å². The maximum atomic E-state index is 10.0. The van der Waals surface area contributed by atoms with E-state index in [1.807, 2.05) is 50.3 Å². The molecule has 1 N–H and O–H groups in total. The molecule has 2 aromatic carbocycles. The van der Waals surface area contributed by atoms with E-state index in [0.29, 0.717) is 5.75 Å². The van der Waals surface area contributed by atoms with Gasteiger partial charge < -0.3 is 5.11 Å². The van der Waals surface area contributed by atoms with E-state index < -0.39 is 0 Å². The van der Waals surface area contributed by atoms with Crippen LogP contribution < -0.4 is 0 Å². The molecule has 0 atom stereocenters. The van der Waals surface area contributed by atoms with Crippen molar-refractivity contribution in [1.29, 1.82) is 0 Å². The Morgan fingerprint density at radius 2 is 1.69 bits per heavy atom. The zero-order valence-corrected chi connectivity index (χ0v) is 9.70. The summed E-state index contributed by atoms with van der Waals surface area (Å²) >= 11 is 0. The standard InChI is InChI=1S/C15H16O/c1-4-15(2,3)13-9-11-7-5-6-8-12(11)10-14(13)16/h4-10,16H,1H2,2-3H3. The van der Waals surface area contributed by atoms with E-state index in [9.17, 15) is 5.11 Å². The van der Waals surface area contributed by atoms with Crippen molar-refractivity contribution in [2.24, 2.45) is 0 Å². The number of phenols is 1. The first kappa shape index (κ1) is 10.7.